The van der Waals surface area contributed by atoms with E-state index in [1.54, 1.807) is 0 Å². The summed E-state index contributed by atoms with van der Waals surface area (Å²) in [5.74, 6) is 0.0389. The first-order valence-electron chi connectivity index (χ1n) is 7.64. The van der Waals surface area contributed by atoms with Crippen LogP contribution >= 0.6 is 0 Å². The lowest BCUT2D eigenvalue weighted by Crippen LogP contribution is -2.03. The summed E-state index contributed by atoms with van der Waals surface area (Å²) in [5, 5.41) is 6.85. The molecule has 2 N–H and O–H groups in total. The van der Waals surface area contributed by atoms with E-state index in [1.165, 1.54) is 5.56 Å². The smallest absolute Gasteiger partial charge is 0.193 e. The number of para-hydroxylation sites is 1. The van der Waals surface area contributed by atoms with Crippen LogP contribution in [0.1, 0.15) is 21.5 Å². The molecule has 0 aromatic heterocycles. The number of carbonyl (C=O) groups excluding carboxylic acids is 1. The molecule has 0 saturated heterocycles. The number of hydrogen-bond donors (Lipinski definition) is 2. The van der Waals surface area contributed by atoms with Gasteiger partial charge in [0, 0.05) is 23.4 Å². The fraction of sp³-hybridized carbons (Fsp3) is 0.0500. The van der Waals surface area contributed by atoms with Gasteiger partial charge in [0.05, 0.1) is 11.4 Å². The minimum atomic E-state index is 0.0389. The number of hydrogen-bond acceptors (Lipinski definition) is 3. The average molecular weight is 300 g/mol. The Morgan fingerprint density at radius 3 is 2.39 bits per heavy atom. The maximum Gasteiger partial charge on any atom is 0.193 e. The van der Waals surface area contributed by atoms with Gasteiger partial charge in [-0.3, -0.25) is 4.79 Å². The Hall–Kier alpha value is -3.07. The summed E-state index contributed by atoms with van der Waals surface area (Å²) >= 11 is 0. The van der Waals surface area contributed by atoms with Crippen molar-refractivity contribution in [2.24, 2.45) is 0 Å². The summed E-state index contributed by atoms with van der Waals surface area (Å²) in [7, 11) is 0. The molecule has 0 atom stereocenters. The third kappa shape index (κ3) is 2.57. The first-order valence-corrected chi connectivity index (χ1v) is 7.64. The summed E-state index contributed by atoms with van der Waals surface area (Å²) < 4.78 is 0. The zero-order valence-electron chi connectivity index (χ0n) is 12.5. The number of nitrogens with one attached hydrogen (secondary N) is 2. The predicted octanol–water partition coefficient (Wildman–Crippen LogP) is 4.59. The van der Waals surface area contributed by atoms with Crippen molar-refractivity contribution in [2.75, 3.05) is 10.6 Å². The highest BCUT2D eigenvalue weighted by atomic mass is 16.1. The molecule has 0 bridgehead atoms. The molecule has 0 fully saturated rings. The molecule has 4 rings (SSSR count). The zero-order chi connectivity index (χ0) is 15.6. The van der Waals surface area contributed by atoms with Gasteiger partial charge in [-0.2, -0.15) is 0 Å². The third-order valence-corrected chi connectivity index (χ3v) is 4.07. The van der Waals surface area contributed by atoms with E-state index in [-0.39, 0.29) is 5.78 Å². The first-order chi connectivity index (χ1) is 11.3. The minimum Gasteiger partial charge on any atom is -0.379 e. The minimum absolute atomic E-state index is 0.0389. The maximum atomic E-state index is 12.6. The number of anilines is 3. The second-order valence-corrected chi connectivity index (χ2v) is 5.59. The molecule has 1 heterocycles. The number of fused-ring (bicyclic) bond motifs is 2. The van der Waals surface area contributed by atoms with E-state index >= 15 is 0 Å². The maximum absolute atomic E-state index is 12.6. The molecule has 1 aliphatic rings. The van der Waals surface area contributed by atoms with Crippen LogP contribution in [0.3, 0.4) is 0 Å². The van der Waals surface area contributed by atoms with Crippen molar-refractivity contribution in [3.05, 3.63) is 89.5 Å². The van der Waals surface area contributed by atoms with E-state index in [0.29, 0.717) is 11.1 Å². The van der Waals surface area contributed by atoms with Crippen molar-refractivity contribution in [1.29, 1.82) is 0 Å². The number of ketones is 1. The Morgan fingerprint density at radius 2 is 1.52 bits per heavy atom. The molecule has 0 amide bonds. The van der Waals surface area contributed by atoms with Crippen molar-refractivity contribution < 1.29 is 4.79 Å². The molecule has 112 valence electrons. The van der Waals surface area contributed by atoms with Crippen molar-refractivity contribution in [3.8, 4) is 0 Å². The van der Waals surface area contributed by atoms with Gasteiger partial charge in [0.2, 0.25) is 0 Å². The fourth-order valence-corrected chi connectivity index (χ4v) is 2.83. The molecular weight excluding hydrogens is 284 g/mol. The van der Waals surface area contributed by atoms with Gasteiger partial charge in [-0.1, -0.05) is 48.5 Å². The lowest BCUT2D eigenvalue weighted by atomic mass is 10.0. The van der Waals surface area contributed by atoms with Crippen LogP contribution in [0.5, 0.6) is 0 Å². The summed E-state index contributed by atoms with van der Waals surface area (Å²) in [4.78, 5) is 12.6. The van der Waals surface area contributed by atoms with Gasteiger partial charge >= 0.3 is 0 Å². The van der Waals surface area contributed by atoms with Crippen molar-refractivity contribution in [3.63, 3.8) is 0 Å². The van der Waals surface area contributed by atoms with Crippen molar-refractivity contribution >= 4 is 22.8 Å². The largest absolute Gasteiger partial charge is 0.379 e. The van der Waals surface area contributed by atoms with Crippen LogP contribution in [0.4, 0.5) is 17.1 Å². The molecule has 0 radical (unpaired) electrons. The van der Waals surface area contributed by atoms with Gasteiger partial charge in [0.15, 0.2) is 5.78 Å². The Labute approximate surface area is 135 Å². The average Bonchev–Trinajstić information content (AvgIpc) is 2.80. The lowest BCUT2D eigenvalue weighted by Gasteiger charge is -2.11. The summed E-state index contributed by atoms with van der Waals surface area (Å²) in [6, 6.07) is 23.3. The number of benzene rings is 3. The molecule has 3 aromatic carbocycles. The van der Waals surface area contributed by atoms with Gasteiger partial charge in [-0.05, 0) is 29.8 Å². The molecule has 3 aromatic rings. The molecule has 0 aliphatic carbocycles. The van der Waals surface area contributed by atoms with Crippen LogP contribution in [0.25, 0.3) is 0 Å². The van der Waals surface area contributed by atoms with Crippen LogP contribution in [-0.2, 0) is 6.54 Å². The topological polar surface area (TPSA) is 41.1 Å². The number of rotatable bonds is 2. The summed E-state index contributed by atoms with van der Waals surface area (Å²) in [6.07, 6.45) is 0. The Kier molecular flexibility index (Phi) is 3.31. The van der Waals surface area contributed by atoms with E-state index < -0.39 is 0 Å². The predicted molar refractivity (Wildman–Crippen MR) is 93.4 cm³/mol. The van der Waals surface area contributed by atoms with E-state index in [0.717, 1.165) is 23.6 Å². The molecule has 0 unspecified atom stereocenters. The van der Waals surface area contributed by atoms with Gasteiger partial charge in [-0.25, -0.2) is 0 Å². The molecular formula is C20H16N2O. The molecule has 3 heteroatoms. The molecule has 23 heavy (non-hydrogen) atoms. The van der Waals surface area contributed by atoms with Crippen LogP contribution < -0.4 is 10.6 Å². The third-order valence-electron chi connectivity index (χ3n) is 4.07. The van der Waals surface area contributed by atoms with E-state index in [1.807, 2.05) is 60.7 Å². The summed E-state index contributed by atoms with van der Waals surface area (Å²) in [5.41, 5.74) is 5.63. The normalized spacial score (nSPS) is 12.2. The second kappa shape index (κ2) is 5.61. The van der Waals surface area contributed by atoms with Crippen LogP contribution in [0, 0.1) is 0 Å². The van der Waals surface area contributed by atoms with Gasteiger partial charge in [0.25, 0.3) is 0 Å². The fourth-order valence-electron chi connectivity index (χ4n) is 2.83. The Bertz CT molecular complexity index is 872. The van der Waals surface area contributed by atoms with Gasteiger partial charge < -0.3 is 10.6 Å². The summed E-state index contributed by atoms with van der Waals surface area (Å²) in [6.45, 7) is 0.735. The van der Waals surface area contributed by atoms with Crippen LogP contribution in [0.15, 0.2) is 72.8 Å². The van der Waals surface area contributed by atoms with E-state index in [2.05, 4.69) is 22.8 Å². The highest BCUT2D eigenvalue weighted by Crippen LogP contribution is 2.32. The SMILES string of the molecule is O=C(c1ccccc1)c1ccc2c(c1)NCc1ccccc1N2. The molecule has 1 aliphatic heterocycles. The van der Waals surface area contributed by atoms with Crippen molar-refractivity contribution in [1.82, 2.24) is 0 Å². The van der Waals surface area contributed by atoms with Crippen molar-refractivity contribution in [2.45, 2.75) is 6.54 Å². The quantitative estimate of drug-likeness (QED) is 0.680. The van der Waals surface area contributed by atoms with Crippen LogP contribution in [-0.4, -0.2) is 5.78 Å². The lowest BCUT2D eigenvalue weighted by molar-refractivity contribution is 0.103. The number of carbonyl (C=O) groups is 1. The Balaban J connectivity index is 1.69. The first kappa shape index (κ1) is 13.6. The highest BCUT2D eigenvalue weighted by Gasteiger charge is 2.15. The Morgan fingerprint density at radius 1 is 0.739 bits per heavy atom. The zero-order valence-corrected chi connectivity index (χ0v) is 12.5. The van der Waals surface area contributed by atoms with Crippen LogP contribution in [0.2, 0.25) is 0 Å². The van der Waals surface area contributed by atoms with Gasteiger partial charge in [0.1, 0.15) is 0 Å². The standard InChI is InChI=1S/C20H16N2O/c23-20(14-6-2-1-3-7-14)15-10-11-18-19(12-15)21-13-16-8-4-5-9-17(16)22-18/h1-12,21-22H,13H2. The molecule has 0 saturated carbocycles. The van der Waals surface area contributed by atoms with Gasteiger partial charge in [-0.15, -0.1) is 0 Å². The second-order valence-electron chi connectivity index (χ2n) is 5.59. The molecule has 3 nitrogen and oxygen atoms in total. The monoisotopic (exact) mass is 300 g/mol. The molecule has 0 spiro atoms. The highest BCUT2D eigenvalue weighted by molar-refractivity contribution is 6.10. The van der Waals surface area contributed by atoms with E-state index in [4.69, 9.17) is 0 Å². The van der Waals surface area contributed by atoms with E-state index in [9.17, 15) is 4.79 Å².